The van der Waals surface area contributed by atoms with Gasteiger partial charge in [0, 0.05) is 13.1 Å². The Labute approximate surface area is 116 Å². The minimum absolute atomic E-state index is 0.150. The van der Waals surface area contributed by atoms with Crippen molar-refractivity contribution in [3.8, 4) is 6.07 Å². The van der Waals surface area contributed by atoms with Crippen LogP contribution < -0.4 is 4.90 Å². The molecule has 3 nitrogen and oxygen atoms in total. The first-order chi connectivity index (χ1) is 9.45. The third-order valence-electron chi connectivity index (χ3n) is 3.67. The highest BCUT2D eigenvalue weighted by molar-refractivity contribution is 5.54. The van der Waals surface area contributed by atoms with Crippen molar-refractivity contribution in [2.45, 2.75) is 32.4 Å². The van der Waals surface area contributed by atoms with E-state index in [2.05, 4.69) is 4.98 Å². The Hall–Kier alpha value is -1.77. The summed E-state index contributed by atoms with van der Waals surface area (Å²) in [6.45, 7) is 3.07. The van der Waals surface area contributed by atoms with Gasteiger partial charge in [0.2, 0.25) is 0 Å². The van der Waals surface area contributed by atoms with Crippen LogP contribution in [0.1, 0.15) is 37.4 Å². The first-order valence-electron chi connectivity index (χ1n) is 6.69. The van der Waals surface area contributed by atoms with Gasteiger partial charge in [-0.1, -0.05) is 6.42 Å². The molecule has 108 valence electrons. The Bertz CT molecular complexity index is 515. The lowest BCUT2D eigenvalue weighted by atomic mass is 9.85. The SMILES string of the molecule is CCN(CC1CCC1)c1nc(C(F)(F)F)ccc1C#N. The molecule has 1 aliphatic carbocycles. The molecular weight excluding hydrogens is 267 g/mol. The van der Waals surface area contributed by atoms with E-state index < -0.39 is 11.9 Å². The average Bonchev–Trinajstić information content (AvgIpc) is 2.36. The molecule has 0 saturated heterocycles. The zero-order chi connectivity index (χ0) is 14.8. The molecule has 0 unspecified atom stereocenters. The summed E-state index contributed by atoms with van der Waals surface area (Å²) in [4.78, 5) is 5.45. The number of hydrogen-bond donors (Lipinski definition) is 0. The van der Waals surface area contributed by atoms with Gasteiger partial charge in [0.25, 0.3) is 0 Å². The van der Waals surface area contributed by atoms with Gasteiger partial charge in [0.05, 0.1) is 5.56 Å². The van der Waals surface area contributed by atoms with Crippen LogP contribution in [0.3, 0.4) is 0 Å². The number of rotatable bonds is 4. The summed E-state index contributed by atoms with van der Waals surface area (Å²) in [7, 11) is 0. The molecule has 1 aromatic rings. The Morgan fingerprint density at radius 2 is 2.10 bits per heavy atom. The number of alkyl halides is 3. The quantitative estimate of drug-likeness (QED) is 0.847. The lowest BCUT2D eigenvalue weighted by molar-refractivity contribution is -0.141. The van der Waals surface area contributed by atoms with Crippen LogP contribution in [0.15, 0.2) is 12.1 Å². The second-order valence-corrected chi connectivity index (χ2v) is 5.01. The van der Waals surface area contributed by atoms with Crippen LogP contribution >= 0.6 is 0 Å². The topological polar surface area (TPSA) is 39.9 Å². The number of nitriles is 1. The minimum atomic E-state index is -4.49. The molecule has 1 saturated carbocycles. The molecular formula is C14H16F3N3. The lowest BCUT2D eigenvalue weighted by Crippen LogP contribution is -2.34. The van der Waals surface area contributed by atoms with Gasteiger partial charge in [-0.3, -0.25) is 0 Å². The minimum Gasteiger partial charge on any atom is -0.356 e. The van der Waals surface area contributed by atoms with Gasteiger partial charge in [-0.25, -0.2) is 4.98 Å². The van der Waals surface area contributed by atoms with E-state index in [9.17, 15) is 13.2 Å². The van der Waals surface area contributed by atoms with Crippen molar-refractivity contribution in [3.05, 3.63) is 23.4 Å². The van der Waals surface area contributed by atoms with Crippen molar-refractivity contribution in [1.29, 1.82) is 5.26 Å². The van der Waals surface area contributed by atoms with Crippen LogP contribution in [0.2, 0.25) is 0 Å². The van der Waals surface area contributed by atoms with Crippen LogP contribution in [0.4, 0.5) is 19.0 Å². The van der Waals surface area contributed by atoms with Crippen LogP contribution in [-0.2, 0) is 6.18 Å². The van der Waals surface area contributed by atoms with E-state index in [1.165, 1.54) is 12.5 Å². The molecule has 20 heavy (non-hydrogen) atoms. The number of anilines is 1. The Morgan fingerprint density at radius 3 is 2.55 bits per heavy atom. The monoisotopic (exact) mass is 283 g/mol. The third-order valence-corrected chi connectivity index (χ3v) is 3.67. The smallest absolute Gasteiger partial charge is 0.356 e. The van der Waals surface area contributed by atoms with Gasteiger partial charge in [-0.2, -0.15) is 18.4 Å². The van der Waals surface area contributed by atoms with E-state index in [4.69, 9.17) is 5.26 Å². The highest BCUT2D eigenvalue weighted by Gasteiger charge is 2.34. The van der Waals surface area contributed by atoms with Crippen molar-refractivity contribution < 1.29 is 13.2 Å². The van der Waals surface area contributed by atoms with E-state index in [0.717, 1.165) is 18.9 Å². The van der Waals surface area contributed by atoms with Crippen molar-refractivity contribution in [3.63, 3.8) is 0 Å². The fraction of sp³-hybridized carbons (Fsp3) is 0.571. The molecule has 1 aromatic heterocycles. The summed E-state index contributed by atoms with van der Waals surface area (Å²) in [5.74, 6) is 0.648. The molecule has 0 radical (unpaired) electrons. The largest absolute Gasteiger partial charge is 0.433 e. The molecule has 0 aliphatic heterocycles. The molecule has 0 N–H and O–H groups in total. The predicted octanol–water partition coefficient (Wildman–Crippen LogP) is 3.60. The summed E-state index contributed by atoms with van der Waals surface area (Å²) >= 11 is 0. The van der Waals surface area contributed by atoms with Gasteiger partial charge in [0.1, 0.15) is 17.6 Å². The molecule has 0 aromatic carbocycles. The maximum atomic E-state index is 12.7. The first kappa shape index (κ1) is 14.6. The molecule has 0 spiro atoms. The summed E-state index contributed by atoms with van der Waals surface area (Å²) in [5.41, 5.74) is -0.752. The van der Waals surface area contributed by atoms with Crippen LogP contribution in [0, 0.1) is 17.2 Å². The van der Waals surface area contributed by atoms with E-state index in [1.807, 2.05) is 13.0 Å². The molecule has 2 rings (SSSR count). The molecule has 0 bridgehead atoms. The Morgan fingerprint density at radius 1 is 1.40 bits per heavy atom. The maximum Gasteiger partial charge on any atom is 0.433 e. The van der Waals surface area contributed by atoms with Gasteiger partial charge < -0.3 is 4.90 Å². The molecule has 6 heteroatoms. The molecule has 1 heterocycles. The average molecular weight is 283 g/mol. The molecule has 1 aliphatic rings. The van der Waals surface area contributed by atoms with Crippen molar-refractivity contribution in [2.75, 3.05) is 18.0 Å². The van der Waals surface area contributed by atoms with Gasteiger partial charge in [0.15, 0.2) is 0 Å². The first-order valence-corrected chi connectivity index (χ1v) is 6.69. The number of pyridine rings is 1. The van der Waals surface area contributed by atoms with E-state index in [1.54, 1.807) is 4.90 Å². The normalized spacial score (nSPS) is 15.6. The Balaban J connectivity index is 2.32. The van der Waals surface area contributed by atoms with Crippen molar-refractivity contribution in [2.24, 2.45) is 5.92 Å². The second-order valence-electron chi connectivity index (χ2n) is 5.01. The zero-order valence-electron chi connectivity index (χ0n) is 11.2. The fourth-order valence-corrected chi connectivity index (χ4v) is 2.29. The van der Waals surface area contributed by atoms with Crippen LogP contribution in [-0.4, -0.2) is 18.1 Å². The standard InChI is InChI=1S/C14H16F3N3/c1-2-20(9-10-4-3-5-10)13-11(8-18)6-7-12(19-13)14(15,16)17/h6-7,10H,2-5,9H2,1H3. The van der Waals surface area contributed by atoms with Gasteiger partial charge >= 0.3 is 6.18 Å². The van der Waals surface area contributed by atoms with E-state index >= 15 is 0 Å². The lowest BCUT2D eigenvalue weighted by Gasteiger charge is -2.33. The highest BCUT2D eigenvalue weighted by Crippen LogP contribution is 2.32. The van der Waals surface area contributed by atoms with Crippen LogP contribution in [0.5, 0.6) is 0 Å². The number of halogens is 3. The van der Waals surface area contributed by atoms with Crippen LogP contribution in [0.25, 0.3) is 0 Å². The third kappa shape index (κ3) is 3.03. The second kappa shape index (κ2) is 5.70. The number of hydrogen-bond acceptors (Lipinski definition) is 3. The van der Waals surface area contributed by atoms with Crippen molar-refractivity contribution >= 4 is 5.82 Å². The van der Waals surface area contributed by atoms with E-state index in [0.29, 0.717) is 19.0 Å². The summed E-state index contributed by atoms with van der Waals surface area (Å²) in [6.07, 6.45) is -1.13. The molecule has 1 fully saturated rings. The molecule has 0 atom stereocenters. The highest BCUT2D eigenvalue weighted by atomic mass is 19.4. The fourth-order valence-electron chi connectivity index (χ4n) is 2.29. The summed E-state index contributed by atoms with van der Waals surface area (Å²) in [5, 5.41) is 9.06. The van der Waals surface area contributed by atoms with Gasteiger partial charge in [-0.15, -0.1) is 0 Å². The molecule has 0 amide bonds. The Kier molecular flexibility index (Phi) is 4.17. The number of nitrogens with zero attached hydrogens (tertiary/aromatic N) is 3. The summed E-state index contributed by atoms with van der Waals surface area (Å²) < 4.78 is 38.2. The predicted molar refractivity (Wildman–Crippen MR) is 69.2 cm³/mol. The van der Waals surface area contributed by atoms with E-state index in [-0.39, 0.29) is 11.4 Å². The maximum absolute atomic E-state index is 12.7. The number of aromatic nitrogens is 1. The van der Waals surface area contributed by atoms with Crippen molar-refractivity contribution in [1.82, 2.24) is 4.98 Å². The van der Waals surface area contributed by atoms with Gasteiger partial charge in [-0.05, 0) is 37.8 Å². The zero-order valence-corrected chi connectivity index (χ0v) is 11.2. The summed E-state index contributed by atoms with van der Waals surface area (Å²) in [6, 6.07) is 3.99.